The molecule has 1 aliphatic rings. The van der Waals surface area contributed by atoms with E-state index >= 15 is 0 Å². The summed E-state index contributed by atoms with van der Waals surface area (Å²) in [6.45, 7) is 0. The molecule has 2 rings (SSSR count). The molecule has 1 aliphatic heterocycles. The zero-order valence-corrected chi connectivity index (χ0v) is 9.01. The van der Waals surface area contributed by atoms with Crippen LogP contribution in [-0.4, -0.2) is 12.3 Å². The monoisotopic (exact) mass is 259 g/mol. The lowest BCUT2D eigenvalue weighted by Gasteiger charge is -2.24. The van der Waals surface area contributed by atoms with Gasteiger partial charge in [0.1, 0.15) is 11.8 Å². The number of halogens is 4. The van der Waals surface area contributed by atoms with Gasteiger partial charge in [0, 0.05) is 10.6 Å². The molecular weight excluding hydrogens is 255 g/mol. The fraction of sp³-hybridized carbons (Fsp3) is 0.182. The van der Waals surface area contributed by atoms with Gasteiger partial charge in [0.25, 0.3) is 0 Å². The number of nitriles is 1. The molecular formula is C11H5ClF3NO. The average Bonchev–Trinajstić information content (AvgIpc) is 2.25. The predicted octanol–water partition coefficient (Wildman–Crippen LogP) is 3.55. The highest BCUT2D eigenvalue weighted by molar-refractivity contribution is 6.31. The van der Waals surface area contributed by atoms with E-state index in [-0.39, 0.29) is 16.3 Å². The van der Waals surface area contributed by atoms with Crippen LogP contribution in [0.4, 0.5) is 13.2 Å². The SMILES string of the molecule is N#Cc1cc(Cl)cc2c1OC(C(F)(F)F)C=C2. The number of hydrogen-bond donors (Lipinski definition) is 0. The van der Waals surface area contributed by atoms with Crippen LogP contribution >= 0.6 is 11.6 Å². The highest BCUT2D eigenvalue weighted by Crippen LogP contribution is 2.36. The van der Waals surface area contributed by atoms with E-state index in [2.05, 4.69) is 0 Å². The lowest BCUT2D eigenvalue weighted by atomic mass is 10.1. The summed E-state index contributed by atoms with van der Waals surface area (Å²) in [5.41, 5.74) is 0.362. The lowest BCUT2D eigenvalue weighted by Crippen LogP contribution is -2.34. The van der Waals surface area contributed by atoms with E-state index in [1.165, 1.54) is 18.2 Å². The van der Waals surface area contributed by atoms with Crippen molar-refractivity contribution in [1.29, 1.82) is 5.26 Å². The van der Waals surface area contributed by atoms with Gasteiger partial charge in [-0.2, -0.15) is 18.4 Å². The van der Waals surface area contributed by atoms with Crippen molar-refractivity contribution < 1.29 is 17.9 Å². The Bertz CT molecular complexity index is 531. The zero-order valence-electron chi connectivity index (χ0n) is 8.25. The molecule has 0 aromatic heterocycles. The largest absolute Gasteiger partial charge is 0.475 e. The van der Waals surface area contributed by atoms with Crippen molar-refractivity contribution in [3.63, 3.8) is 0 Å². The van der Waals surface area contributed by atoms with Gasteiger partial charge in [-0.25, -0.2) is 0 Å². The van der Waals surface area contributed by atoms with E-state index in [1.54, 1.807) is 6.07 Å². The number of ether oxygens (including phenoxy) is 1. The topological polar surface area (TPSA) is 33.0 Å². The van der Waals surface area contributed by atoms with Crippen molar-refractivity contribution in [2.45, 2.75) is 12.3 Å². The van der Waals surface area contributed by atoms with E-state index in [0.717, 1.165) is 6.08 Å². The first-order chi connectivity index (χ1) is 7.91. The van der Waals surface area contributed by atoms with Crippen molar-refractivity contribution in [3.05, 3.63) is 34.4 Å². The van der Waals surface area contributed by atoms with Crippen LogP contribution in [0.25, 0.3) is 6.08 Å². The maximum Gasteiger partial charge on any atom is 0.429 e. The van der Waals surface area contributed by atoms with Crippen LogP contribution in [0, 0.1) is 11.3 Å². The van der Waals surface area contributed by atoms with Crippen molar-refractivity contribution in [2.24, 2.45) is 0 Å². The third-order valence-electron chi connectivity index (χ3n) is 2.22. The van der Waals surface area contributed by atoms with E-state index in [1.807, 2.05) is 0 Å². The highest BCUT2D eigenvalue weighted by Gasteiger charge is 2.41. The van der Waals surface area contributed by atoms with Crippen LogP contribution in [0.5, 0.6) is 5.75 Å². The molecule has 0 N–H and O–H groups in total. The molecule has 1 unspecified atom stereocenters. The first-order valence-corrected chi connectivity index (χ1v) is 4.95. The Balaban J connectivity index is 2.48. The summed E-state index contributed by atoms with van der Waals surface area (Å²) >= 11 is 5.72. The Labute approximate surface area is 99.9 Å². The Kier molecular flexibility index (Phi) is 2.76. The predicted molar refractivity (Wildman–Crippen MR) is 55.7 cm³/mol. The van der Waals surface area contributed by atoms with Crippen LogP contribution in [-0.2, 0) is 0 Å². The minimum atomic E-state index is -4.50. The van der Waals surface area contributed by atoms with Gasteiger partial charge in [0.15, 0.2) is 0 Å². The number of rotatable bonds is 0. The van der Waals surface area contributed by atoms with Crippen LogP contribution < -0.4 is 4.74 Å². The molecule has 0 aliphatic carbocycles. The molecule has 0 fully saturated rings. The number of alkyl halides is 3. The molecule has 1 heterocycles. The lowest BCUT2D eigenvalue weighted by molar-refractivity contribution is -0.180. The Morgan fingerprint density at radius 3 is 2.65 bits per heavy atom. The second-order valence-corrected chi connectivity index (χ2v) is 3.86. The van der Waals surface area contributed by atoms with Crippen molar-refractivity contribution in [2.75, 3.05) is 0 Å². The van der Waals surface area contributed by atoms with Gasteiger partial charge in [-0.3, -0.25) is 0 Å². The summed E-state index contributed by atoms with van der Waals surface area (Å²) in [7, 11) is 0. The number of nitrogens with zero attached hydrogens (tertiary/aromatic N) is 1. The summed E-state index contributed by atoms with van der Waals surface area (Å²) in [6, 6.07) is 4.47. The minimum Gasteiger partial charge on any atom is -0.475 e. The van der Waals surface area contributed by atoms with Crippen molar-refractivity contribution in [3.8, 4) is 11.8 Å². The van der Waals surface area contributed by atoms with Crippen LogP contribution in [0.1, 0.15) is 11.1 Å². The fourth-order valence-electron chi connectivity index (χ4n) is 1.49. The van der Waals surface area contributed by atoms with Gasteiger partial charge in [-0.15, -0.1) is 0 Å². The summed E-state index contributed by atoms with van der Waals surface area (Å²) < 4.78 is 42.2. The Morgan fingerprint density at radius 1 is 1.35 bits per heavy atom. The fourth-order valence-corrected chi connectivity index (χ4v) is 1.71. The minimum absolute atomic E-state index is 0.00824. The molecule has 0 amide bonds. The maximum atomic E-state index is 12.5. The highest BCUT2D eigenvalue weighted by atomic mass is 35.5. The normalized spacial score (nSPS) is 18.2. The van der Waals surface area contributed by atoms with Gasteiger partial charge >= 0.3 is 6.18 Å². The first-order valence-electron chi connectivity index (χ1n) is 4.57. The standard InChI is InChI=1S/C11H5ClF3NO/c12-8-3-6-1-2-9(11(13,14)15)17-10(6)7(4-8)5-16/h1-4,9H. The molecule has 0 saturated heterocycles. The van der Waals surface area contributed by atoms with Gasteiger partial charge in [0.05, 0.1) is 5.56 Å². The molecule has 0 saturated carbocycles. The van der Waals surface area contributed by atoms with Crippen molar-refractivity contribution in [1.82, 2.24) is 0 Å². The van der Waals surface area contributed by atoms with E-state index in [0.29, 0.717) is 5.56 Å². The van der Waals surface area contributed by atoms with Gasteiger partial charge in [-0.1, -0.05) is 17.7 Å². The maximum absolute atomic E-state index is 12.5. The van der Waals surface area contributed by atoms with Crippen LogP contribution in [0.15, 0.2) is 18.2 Å². The third-order valence-corrected chi connectivity index (χ3v) is 2.44. The number of fused-ring (bicyclic) bond motifs is 1. The smallest absolute Gasteiger partial charge is 0.429 e. The number of benzene rings is 1. The second kappa shape index (κ2) is 3.97. The van der Waals surface area contributed by atoms with Crippen molar-refractivity contribution >= 4 is 17.7 Å². The first kappa shape index (κ1) is 11.8. The average molecular weight is 260 g/mol. The van der Waals surface area contributed by atoms with E-state index < -0.39 is 12.3 Å². The van der Waals surface area contributed by atoms with Crippen LogP contribution in [0.2, 0.25) is 5.02 Å². The molecule has 2 nitrogen and oxygen atoms in total. The second-order valence-electron chi connectivity index (χ2n) is 3.42. The zero-order chi connectivity index (χ0) is 12.6. The van der Waals surface area contributed by atoms with E-state index in [4.69, 9.17) is 21.6 Å². The van der Waals surface area contributed by atoms with Gasteiger partial charge in [-0.05, 0) is 18.2 Å². The van der Waals surface area contributed by atoms with Gasteiger partial charge < -0.3 is 4.74 Å². The summed E-state index contributed by atoms with van der Waals surface area (Å²) in [5, 5.41) is 9.09. The molecule has 1 atom stereocenters. The molecule has 1 aromatic rings. The van der Waals surface area contributed by atoms with Crippen LogP contribution in [0.3, 0.4) is 0 Å². The summed E-state index contributed by atoms with van der Waals surface area (Å²) in [4.78, 5) is 0. The molecule has 0 spiro atoms. The molecule has 0 radical (unpaired) electrons. The molecule has 17 heavy (non-hydrogen) atoms. The van der Waals surface area contributed by atoms with Gasteiger partial charge in [0.2, 0.25) is 6.10 Å². The molecule has 0 bridgehead atoms. The molecule has 6 heteroatoms. The summed E-state index contributed by atoms with van der Waals surface area (Å²) in [5.74, 6) is -0.0817. The third kappa shape index (κ3) is 2.22. The Morgan fingerprint density at radius 2 is 2.06 bits per heavy atom. The summed E-state index contributed by atoms with van der Waals surface area (Å²) in [6.07, 6.45) is -4.38. The molecule has 1 aromatic carbocycles. The number of hydrogen-bond acceptors (Lipinski definition) is 2. The molecule has 88 valence electrons. The van der Waals surface area contributed by atoms with E-state index in [9.17, 15) is 13.2 Å². The quantitative estimate of drug-likeness (QED) is 0.714. The Hall–Kier alpha value is -1.67.